The van der Waals surface area contributed by atoms with Crippen LogP contribution >= 0.6 is 11.3 Å². The molecule has 0 spiro atoms. The second-order valence-corrected chi connectivity index (χ2v) is 5.56. The van der Waals surface area contributed by atoms with Crippen LogP contribution in [0, 0.1) is 39.0 Å². The van der Waals surface area contributed by atoms with Gasteiger partial charge in [0.25, 0.3) is 0 Å². The quantitative estimate of drug-likeness (QED) is 0.774. The number of nitriles is 1. The van der Waals surface area contributed by atoms with E-state index in [0.29, 0.717) is 11.1 Å². The third kappa shape index (κ3) is 1.68. The molecular weight excluding hydrogens is 244 g/mol. The Morgan fingerprint density at radius 2 is 2.00 bits per heavy atom. The summed E-state index contributed by atoms with van der Waals surface area (Å²) >= 11 is 1.60. The number of hydrogen-bond donors (Lipinski definition) is 0. The largest absolute Gasteiger partial charge is 0.308 e. The summed E-state index contributed by atoms with van der Waals surface area (Å²) in [5.74, 6) is 0. The van der Waals surface area contributed by atoms with Gasteiger partial charge in [-0.2, -0.15) is 5.26 Å². The summed E-state index contributed by atoms with van der Waals surface area (Å²) in [6.45, 7) is 7.83. The van der Waals surface area contributed by atoms with Crippen molar-refractivity contribution in [1.82, 2.24) is 4.57 Å². The lowest BCUT2D eigenvalue weighted by Gasteiger charge is -2.07. The molecule has 0 amide bonds. The van der Waals surface area contributed by atoms with Crippen molar-refractivity contribution in [1.29, 1.82) is 5.26 Å². The number of hydrogen-bond acceptors (Lipinski definition) is 3. The molecule has 0 radical (unpaired) electrons. The summed E-state index contributed by atoms with van der Waals surface area (Å²) in [6, 6.07) is 4.12. The van der Waals surface area contributed by atoms with E-state index in [1.54, 1.807) is 11.3 Å². The first-order valence-corrected chi connectivity index (χ1v) is 6.47. The molecule has 0 aliphatic rings. The maximum absolute atomic E-state index is 11.0. The molecular formula is C14H14N2OS. The van der Waals surface area contributed by atoms with E-state index in [9.17, 15) is 10.1 Å². The summed E-state index contributed by atoms with van der Waals surface area (Å²) in [4.78, 5) is 12.1. The normalized spacial score (nSPS) is 10.4. The Morgan fingerprint density at radius 3 is 2.50 bits per heavy atom. The van der Waals surface area contributed by atoms with Gasteiger partial charge in [-0.1, -0.05) is 0 Å². The molecule has 92 valence electrons. The molecule has 4 heteroatoms. The first-order chi connectivity index (χ1) is 8.51. The number of aryl methyl sites for hydroxylation is 2. The van der Waals surface area contributed by atoms with Crippen molar-refractivity contribution < 1.29 is 4.79 Å². The van der Waals surface area contributed by atoms with Crippen LogP contribution in [-0.2, 0) is 0 Å². The predicted octanol–water partition coefficient (Wildman–Crippen LogP) is 3.46. The standard InChI is InChI=1S/C14H14N2OS/c1-8-5-12(7-17)10(3)16(8)14-13(6-15)9(2)11(4)18-14/h5,7H,1-4H3. The predicted molar refractivity (Wildman–Crippen MR) is 72.7 cm³/mol. The first kappa shape index (κ1) is 12.6. The molecule has 0 unspecified atom stereocenters. The molecule has 18 heavy (non-hydrogen) atoms. The number of nitrogens with zero attached hydrogens (tertiary/aromatic N) is 2. The second kappa shape index (κ2) is 4.43. The lowest BCUT2D eigenvalue weighted by molar-refractivity contribution is 0.112. The van der Waals surface area contributed by atoms with E-state index in [4.69, 9.17) is 0 Å². The third-order valence-corrected chi connectivity index (χ3v) is 4.47. The van der Waals surface area contributed by atoms with Crippen molar-refractivity contribution in [2.75, 3.05) is 0 Å². The third-order valence-electron chi connectivity index (χ3n) is 3.28. The van der Waals surface area contributed by atoms with E-state index >= 15 is 0 Å². The Hall–Kier alpha value is -1.86. The number of aldehydes is 1. The van der Waals surface area contributed by atoms with Crippen molar-refractivity contribution in [3.8, 4) is 11.1 Å². The van der Waals surface area contributed by atoms with Crippen LogP contribution in [0.25, 0.3) is 5.00 Å². The molecule has 0 bridgehead atoms. The summed E-state index contributed by atoms with van der Waals surface area (Å²) in [5.41, 5.74) is 4.28. The van der Waals surface area contributed by atoms with E-state index < -0.39 is 0 Å². The Kier molecular flexibility index (Phi) is 3.10. The maximum atomic E-state index is 11.0. The van der Waals surface area contributed by atoms with Gasteiger partial charge in [0.2, 0.25) is 0 Å². The molecule has 2 rings (SSSR count). The van der Waals surface area contributed by atoms with Crippen molar-refractivity contribution in [3.05, 3.63) is 39.0 Å². The Labute approximate surface area is 110 Å². The molecule has 0 atom stereocenters. The van der Waals surface area contributed by atoms with Crippen LogP contribution in [0.5, 0.6) is 0 Å². The zero-order valence-corrected chi connectivity index (χ0v) is 11.7. The molecule has 2 aromatic heterocycles. The molecule has 0 saturated heterocycles. The van der Waals surface area contributed by atoms with Gasteiger partial charge in [-0.25, -0.2) is 0 Å². The fraction of sp³-hybridized carbons (Fsp3) is 0.286. The van der Waals surface area contributed by atoms with E-state index in [-0.39, 0.29) is 0 Å². The highest BCUT2D eigenvalue weighted by molar-refractivity contribution is 7.14. The summed E-state index contributed by atoms with van der Waals surface area (Å²) in [7, 11) is 0. The topological polar surface area (TPSA) is 45.8 Å². The minimum atomic E-state index is 0.681. The van der Waals surface area contributed by atoms with Gasteiger partial charge < -0.3 is 4.57 Å². The Morgan fingerprint density at radius 1 is 1.33 bits per heavy atom. The summed E-state index contributed by atoms with van der Waals surface area (Å²) < 4.78 is 1.99. The van der Waals surface area contributed by atoms with Crippen molar-refractivity contribution in [3.63, 3.8) is 0 Å². The molecule has 2 heterocycles. The van der Waals surface area contributed by atoms with Crippen molar-refractivity contribution >= 4 is 17.6 Å². The Bertz CT molecular complexity index is 671. The zero-order chi connectivity index (χ0) is 13.4. The number of aromatic nitrogens is 1. The fourth-order valence-electron chi connectivity index (χ4n) is 2.12. The van der Waals surface area contributed by atoms with Gasteiger partial charge >= 0.3 is 0 Å². The fourth-order valence-corrected chi connectivity index (χ4v) is 3.34. The molecule has 0 aliphatic heterocycles. The average Bonchev–Trinajstić information content (AvgIpc) is 2.77. The van der Waals surface area contributed by atoms with Gasteiger partial charge in [0.05, 0.1) is 5.56 Å². The van der Waals surface area contributed by atoms with Crippen molar-refractivity contribution in [2.45, 2.75) is 27.7 Å². The summed E-state index contributed by atoms with van der Waals surface area (Å²) in [6.07, 6.45) is 0.859. The van der Waals surface area contributed by atoms with Gasteiger partial charge in [0.1, 0.15) is 11.1 Å². The van der Waals surface area contributed by atoms with Crippen molar-refractivity contribution in [2.24, 2.45) is 0 Å². The molecule has 0 saturated carbocycles. The molecule has 0 aliphatic carbocycles. The maximum Gasteiger partial charge on any atom is 0.151 e. The lowest BCUT2D eigenvalue weighted by atomic mass is 10.2. The average molecular weight is 258 g/mol. The van der Waals surface area contributed by atoms with E-state index in [0.717, 1.165) is 33.1 Å². The highest BCUT2D eigenvalue weighted by atomic mass is 32.1. The SMILES string of the molecule is Cc1sc(-n2c(C)cc(C=O)c2C)c(C#N)c1C. The smallest absolute Gasteiger partial charge is 0.151 e. The van der Waals surface area contributed by atoms with Gasteiger partial charge in [0.15, 0.2) is 6.29 Å². The molecule has 2 aromatic rings. The van der Waals surface area contributed by atoms with Crippen LogP contribution < -0.4 is 0 Å². The molecule has 0 aromatic carbocycles. The van der Waals surface area contributed by atoms with Gasteiger partial charge in [-0.05, 0) is 39.3 Å². The van der Waals surface area contributed by atoms with Crippen LogP contribution in [0.15, 0.2) is 6.07 Å². The minimum Gasteiger partial charge on any atom is -0.308 e. The van der Waals surface area contributed by atoms with Gasteiger partial charge in [-0.15, -0.1) is 11.3 Å². The van der Waals surface area contributed by atoms with E-state index in [1.165, 1.54) is 0 Å². The van der Waals surface area contributed by atoms with Crippen LogP contribution in [0.1, 0.15) is 37.7 Å². The zero-order valence-electron chi connectivity index (χ0n) is 10.9. The highest BCUT2D eigenvalue weighted by Crippen LogP contribution is 2.33. The lowest BCUT2D eigenvalue weighted by Crippen LogP contribution is -1.99. The van der Waals surface area contributed by atoms with Crippen LogP contribution in [0.3, 0.4) is 0 Å². The van der Waals surface area contributed by atoms with Crippen LogP contribution in [0.2, 0.25) is 0 Å². The van der Waals surface area contributed by atoms with Gasteiger partial charge in [0, 0.05) is 21.8 Å². The van der Waals surface area contributed by atoms with Crippen LogP contribution in [0.4, 0.5) is 0 Å². The molecule has 3 nitrogen and oxygen atoms in total. The van der Waals surface area contributed by atoms with Crippen LogP contribution in [-0.4, -0.2) is 10.9 Å². The Balaban J connectivity index is 2.78. The van der Waals surface area contributed by atoms with E-state index in [2.05, 4.69) is 6.07 Å². The number of carbonyl (C=O) groups is 1. The monoisotopic (exact) mass is 258 g/mol. The summed E-state index contributed by atoms with van der Waals surface area (Å²) in [5, 5.41) is 10.2. The molecule has 0 fully saturated rings. The number of thiophene rings is 1. The molecule has 0 N–H and O–H groups in total. The van der Waals surface area contributed by atoms with Gasteiger partial charge in [-0.3, -0.25) is 4.79 Å². The second-order valence-electron chi connectivity index (χ2n) is 4.35. The number of rotatable bonds is 2. The minimum absolute atomic E-state index is 0.681. The first-order valence-electron chi connectivity index (χ1n) is 5.65. The number of carbonyl (C=O) groups excluding carboxylic acids is 1. The highest BCUT2D eigenvalue weighted by Gasteiger charge is 2.18. The van der Waals surface area contributed by atoms with E-state index in [1.807, 2.05) is 38.3 Å².